The number of hydrogen-bond donors (Lipinski definition) is 3. The van der Waals surface area contributed by atoms with E-state index in [-0.39, 0.29) is 12.1 Å². The second-order valence-corrected chi connectivity index (χ2v) is 5.49. The third-order valence-electron chi connectivity index (χ3n) is 3.24. The van der Waals surface area contributed by atoms with Crippen LogP contribution in [0.1, 0.15) is 19.8 Å². The molecule has 8 nitrogen and oxygen atoms in total. The molecule has 1 aliphatic rings. The van der Waals surface area contributed by atoms with Gasteiger partial charge in [0.25, 0.3) is 0 Å². The molecule has 1 amide bonds. The minimum Gasteiger partial charge on any atom is -0.450 e. The maximum Gasteiger partial charge on any atom is 0.409 e. The smallest absolute Gasteiger partial charge is 0.409 e. The molecule has 0 atom stereocenters. The van der Waals surface area contributed by atoms with E-state index in [2.05, 4.69) is 36.6 Å². The summed E-state index contributed by atoms with van der Waals surface area (Å²) in [6.45, 7) is 3.55. The summed E-state index contributed by atoms with van der Waals surface area (Å²) < 4.78 is 5.77. The number of amides is 1. The van der Waals surface area contributed by atoms with Gasteiger partial charge < -0.3 is 15.0 Å². The standard InChI is InChI=1S/C12H19BrN6O2/c1-2-21-12(20)19-5-3-8(4-6-19)16-10-9(13)7-15-11(17-10)18-14/h7-8H,2-6,14H2,1H3,(H2,15,16,17,18). The van der Waals surface area contributed by atoms with Gasteiger partial charge in [-0.3, -0.25) is 5.43 Å². The van der Waals surface area contributed by atoms with E-state index in [4.69, 9.17) is 10.6 Å². The number of halogens is 1. The summed E-state index contributed by atoms with van der Waals surface area (Å²) in [5, 5.41) is 3.34. The minimum absolute atomic E-state index is 0.242. The molecule has 1 aromatic heterocycles. The molecule has 1 aliphatic heterocycles. The van der Waals surface area contributed by atoms with Crippen molar-refractivity contribution in [2.45, 2.75) is 25.8 Å². The lowest BCUT2D eigenvalue weighted by Gasteiger charge is -2.32. The zero-order chi connectivity index (χ0) is 15.2. The van der Waals surface area contributed by atoms with E-state index >= 15 is 0 Å². The average molecular weight is 359 g/mol. The lowest BCUT2D eigenvalue weighted by molar-refractivity contribution is 0.0983. The Labute approximate surface area is 131 Å². The van der Waals surface area contributed by atoms with Crippen LogP contribution in [0.5, 0.6) is 0 Å². The number of nitrogen functional groups attached to an aromatic ring is 1. The van der Waals surface area contributed by atoms with Crippen LogP contribution in [0.2, 0.25) is 0 Å². The first-order valence-corrected chi connectivity index (χ1v) is 7.60. The minimum atomic E-state index is -0.242. The number of carbonyl (C=O) groups is 1. The van der Waals surface area contributed by atoms with Gasteiger partial charge in [-0.15, -0.1) is 0 Å². The Morgan fingerprint density at radius 1 is 1.57 bits per heavy atom. The molecular weight excluding hydrogens is 340 g/mol. The number of piperidine rings is 1. The fourth-order valence-electron chi connectivity index (χ4n) is 2.15. The molecule has 0 spiro atoms. The average Bonchev–Trinajstić information content (AvgIpc) is 2.50. The highest BCUT2D eigenvalue weighted by Crippen LogP contribution is 2.23. The number of hydrazine groups is 1. The van der Waals surface area contributed by atoms with Crippen LogP contribution in [0, 0.1) is 0 Å². The van der Waals surface area contributed by atoms with Crippen LogP contribution in [0.25, 0.3) is 0 Å². The first-order chi connectivity index (χ1) is 10.1. The molecule has 0 aliphatic carbocycles. The van der Waals surface area contributed by atoms with Crippen LogP contribution in [-0.4, -0.2) is 46.7 Å². The van der Waals surface area contributed by atoms with Gasteiger partial charge in [0, 0.05) is 25.3 Å². The van der Waals surface area contributed by atoms with Crippen molar-refractivity contribution in [1.82, 2.24) is 14.9 Å². The number of ether oxygens (including phenoxy) is 1. The Bertz CT molecular complexity index is 493. The molecule has 1 fully saturated rings. The van der Waals surface area contributed by atoms with Crippen LogP contribution in [0.15, 0.2) is 10.7 Å². The quantitative estimate of drug-likeness (QED) is 0.553. The highest BCUT2D eigenvalue weighted by Gasteiger charge is 2.24. The van der Waals surface area contributed by atoms with Crippen molar-refractivity contribution in [2.75, 3.05) is 30.4 Å². The van der Waals surface area contributed by atoms with Crippen molar-refractivity contribution in [3.63, 3.8) is 0 Å². The number of nitrogens with two attached hydrogens (primary N) is 1. The summed E-state index contributed by atoms with van der Waals surface area (Å²) in [5.74, 6) is 6.34. The van der Waals surface area contributed by atoms with Crippen LogP contribution in [0.3, 0.4) is 0 Å². The number of aromatic nitrogens is 2. The molecular formula is C12H19BrN6O2. The Morgan fingerprint density at radius 2 is 2.29 bits per heavy atom. The number of likely N-dealkylation sites (tertiary alicyclic amines) is 1. The van der Waals surface area contributed by atoms with Crippen molar-refractivity contribution in [1.29, 1.82) is 0 Å². The molecule has 0 saturated carbocycles. The molecule has 9 heteroatoms. The van der Waals surface area contributed by atoms with Gasteiger partial charge in [0.2, 0.25) is 5.95 Å². The fourth-order valence-corrected chi connectivity index (χ4v) is 2.46. The van der Waals surface area contributed by atoms with Crippen molar-refractivity contribution in [3.8, 4) is 0 Å². The fraction of sp³-hybridized carbons (Fsp3) is 0.583. The Balaban J connectivity index is 1.90. The van der Waals surface area contributed by atoms with Gasteiger partial charge in [-0.25, -0.2) is 15.6 Å². The highest BCUT2D eigenvalue weighted by atomic mass is 79.9. The van der Waals surface area contributed by atoms with Crippen molar-refractivity contribution in [2.24, 2.45) is 5.84 Å². The SMILES string of the molecule is CCOC(=O)N1CCC(Nc2nc(NN)ncc2Br)CC1. The molecule has 1 saturated heterocycles. The molecule has 4 N–H and O–H groups in total. The molecule has 0 bridgehead atoms. The molecule has 116 valence electrons. The summed E-state index contributed by atoms with van der Waals surface area (Å²) in [7, 11) is 0. The van der Waals surface area contributed by atoms with Gasteiger partial charge in [-0.1, -0.05) is 0 Å². The van der Waals surface area contributed by atoms with E-state index in [0.717, 1.165) is 17.3 Å². The molecule has 0 radical (unpaired) electrons. The number of nitrogens with one attached hydrogen (secondary N) is 2. The van der Waals surface area contributed by atoms with Gasteiger partial charge in [0.05, 0.1) is 11.1 Å². The maximum absolute atomic E-state index is 11.6. The van der Waals surface area contributed by atoms with E-state index in [0.29, 0.717) is 31.5 Å². The number of nitrogens with zero attached hydrogens (tertiary/aromatic N) is 3. The number of carbonyl (C=O) groups excluding carboxylic acids is 1. The number of anilines is 2. The van der Waals surface area contributed by atoms with Crippen LogP contribution >= 0.6 is 15.9 Å². The van der Waals surface area contributed by atoms with E-state index in [1.54, 1.807) is 11.1 Å². The topological polar surface area (TPSA) is 105 Å². The second kappa shape index (κ2) is 7.41. The lowest BCUT2D eigenvalue weighted by atomic mass is 10.1. The summed E-state index contributed by atoms with van der Waals surface area (Å²) in [5.41, 5.74) is 2.42. The molecule has 2 heterocycles. The molecule has 0 aromatic carbocycles. The summed E-state index contributed by atoms with van der Waals surface area (Å²) in [6, 6.07) is 0.243. The summed E-state index contributed by atoms with van der Waals surface area (Å²) >= 11 is 3.40. The van der Waals surface area contributed by atoms with Gasteiger partial charge in [0.15, 0.2) is 0 Å². The van der Waals surface area contributed by atoms with Crippen molar-refractivity contribution < 1.29 is 9.53 Å². The predicted octanol–water partition coefficient (Wildman–Crippen LogP) is 1.56. The van der Waals surface area contributed by atoms with Gasteiger partial charge in [-0.05, 0) is 35.7 Å². The largest absolute Gasteiger partial charge is 0.450 e. The first-order valence-electron chi connectivity index (χ1n) is 6.81. The summed E-state index contributed by atoms with van der Waals surface area (Å²) in [4.78, 5) is 21.6. The van der Waals surface area contributed by atoms with Gasteiger partial charge in [0.1, 0.15) is 5.82 Å². The zero-order valence-corrected chi connectivity index (χ0v) is 13.4. The molecule has 2 rings (SSSR count). The normalized spacial score (nSPS) is 15.7. The second-order valence-electron chi connectivity index (χ2n) is 4.64. The lowest BCUT2D eigenvalue weighted by Crippen LogP contribution is -2.42. The maximum atomic E-state index is 11.6. The van der Waals surface area contributed by atoms with Crippen LogP contribution < -0.4 is 16.6 Å². The molecule has 1 aromatic rings. The Hall–Kier alpha value is -1.61. The van der Waals surface area contributed by atoms with Crippen molar-refractivity contribution in [3.05, 3.63) is 10.7 Å². The van der Waals surface area contributed by atoms with E-state index < -0.39 is 0 Å². The summed E-state index contributed by atoms with van der Waals surface area (Å²) in [6.07, 6.45) is 3.06. The highest BCUT2D eigenvalue weighted by molar-refractivity contribution is 9.10. The van der Waals surface area contributed by atoms with Crippen LogP contribution in [-0.2, 0) is 4.74 Å². The number of rotatable bonds is 4. The van der Waals surface area contributed by atoms with E-state index in [9.17, 15) is 4.79 Å². The van der Waals surface area contributed by atoms with E-state index in [1.807, 2.05) is 6.92 Å². The van der Waals surface area contributed by atoms with Gasteiger partial charge in [-0.2, -0.15) is 4.98 Å². The van der Waals surface area contributed by atoms with Crippen LogP contribution in [0.4, 0.5) is 16.6 Å². The third-order valence-corrected chi connectivity index (χ3v) is 3.82. The molecule has 0 unspecified atom stereocenters. The van der Waals surface area contributed by atoms with Crippen molar-refractivity contribution >= 4 is 33.8 Å². The van der Waals surface area contributed by atoms with Gasteiger partial charge >= 0.3 is 6.09 Å². The molecule has 21 heavy (non-hydrogen) atoms. The predicted molar refractivity (Wildman–Crippen MR) is 82.8 cm³/mol. The monoisotopic (exact) mass is 358 g/mol. The van der Waals surface area contributed by atoms with E-state index in [1.165, 1.54) is 0 Å². The third kappa shape index (κ3) is 4.18. The first kappa shape index (κ1) is 15.8. The Kier molecular flexibility index (Phi) is 5.57. The zero-order valence-electron chi connectivity index (χ0n) is 11.8. The Morgan fingerprint density at radius 3 is 2.90 bits per heavy atom. The number of hydrogen-bond acceptors (Lipinski definition) is 7.